The zero-order valence-corrected chi connectivity index (χ0v) is 17.9. The van der Waals surface area contributed by atoms with Crippen molar-refractivity contribution in [3.05, 3.63) is 115 Å². The molecule has 0 fully saturated rings. The van der Waals surface area contributed by atoms with E-state index in [4.69, 9.17) is 4.65 Å². The van der Waals surface area contributed by atoms with Crippen molar-refractivity contribution < 1.29 is 9.68 Å². The summed E-state index contributed by atoms with van der Waals surface area (Å²) in [6.45, 7) is 0. The van der Waals surface area contributed by atoms with Crippen LogP contribution in [-0.4, -0.2) is 12.7 Å². The molecule has 33 heavy (non-hydrogen) atoms. The van der Waals surface area contributed by atoms with Crippen molar-refractivity contribution in [1.29, 1.82) is 0 Å². The molecule has 0 saturated carbocycles. The average molecular weight is 423 g/mol. The van der Waals surface area contributed by atoms with Crippen LogP contribution in [0, 0.1) is 0 Å². The van der Waals surface area contributed by atoms with E-state index in [-0.39, 0.29) is 0 Å². The predicted octanol–water partition coefficient (Wildman–Crippen LogP) is 7.39. The van der Waals surface area contributed by atoms with Crippen LogP contribution >= 0.6 is 0 Å². The molecule has 0 saturated heterocycles. The summed E-state index contributed by atoms with van der Waals surface area (Å²) in [5.74, 6) is 0.595. The third-order valence-electron chi connectivity index (χ3n) is 6.28. The van der Waals surface area contributed by atoms with Crippen molar-refractivity contribution in [2.24, 2.45) is 0 Å². The highest BCUT2D eigenvalue weighted by molar-refractivity contribution is 6.25. The van der Waals surface area contributed by atoms with Crippen LogP contribution in [0.5, 0.6) is 5.75 Å². The summed E-state index contributed by atoms with van der Waals surface area (Å²) in [7, 11) is 0.730. The lowest BCUT2D eigenvalue weighted by Crippen LogP contribution is -2.00. The van der Waals surface area contributed by atoms with Crippen LogP contribution in [-0.2, 0) is 0 Å². The van der Waals surface area contributed by atoms with Crippen molar-refractivity contribution in [3.63, 3.8) is 0 Å². The SMILES string of the molecule is O[B]Oc1cc(-c2ccccc2)cc(-c2ccc3c4ccccc4c4ccccc4c3c2)c1. The maximum Gasteiger partial charge on any atom is 0.569 e. The van der Waals surface area contributed by atoms with Crippen LogP contribution in [0.25, 0.3) is 54.6 Å². The molecule has 0 heterocycles. The van der Waals surface area contributed by atoms with Gasteiger partial charge < -0.3 is 9.68 Å². The molecule has 155 valence electrons. The fourth-order valence-corrected chi connectivity index (χ4v) is 4.78. The maximum absolute atomic E-state index is 9.26. The molecule has 0 aromatic heterocycles. The van der Waals surface area contributed by atoms with Gasteiger partial charge in [-0.3, -0.25) is 0 Å². The van der Waals surface area contributed by atoms with Gasteiger partial charge in [-0.15, -0.1) is 0 Å². The van der Waals surface area contributed by atoms with Gasteiger partial charge >= 0.3 is 7.69 Å². The standard InChI is InChI=1S/C30H20BO2/c32-31-33-24-17-22(20-8-2-1-3-9-20)16-23(18-24)21-14-15-29-27-12-5-4-10-25(27)26-11-6-7-13-28(26)30(29)19-21/h1-19,32H. The Hall–Kier alpha value is -4.08. The summed E-state index contributed by atoms with van der Waals surface area (Å²) >= 11 is 0. The monoisotopic (exact) mass is 423 g/mol. The second-order valence-corrected chi connectivity index (χ2v) is 8.19. The van der Waals surface area contributed by atoms with Gasteiger partial charge in [-0.1, -0.05) is 91.0 Å². The van der Waals surface area contributed by atoms with Gasteiger partial charge in [0.2, 0.25) is 0 Å². The molecule has 1 radical (unpaired) electrons. The zero-order chi connectivity index (χ0) is 22.2. The van der Waals surface area contributed by atoms with E-state index in [0.29, 0.717) is 5.75 Å². The number of fused-ring (bicyclic) bond motifs is 6. The van der Waals surface area contributed by atoms with E-state index in [9.17, 15) is 5.02 Å². The van der Waals surface area contributed by atoms with E-state index < -0.39 is 0 Å². The van der Waals surface area contributed by atoms with Gasteiger partial charge in [-0.2, -0.15) is 0 Å². The number of hydrogen-bond donors (Lipinski definition) is 1. The van der Waals surface area contributed by atoms with Gasteiger partial charge in [0, 0.05) is 0 Å². The summed E-state index contributed by atoms with van der Waals surface area (Å²) in [6, 6.07) is 40.1. The molecule has 2 nitrogen and oxygen atoms in total. The molecule has 0 aliphatic rings. The van der Waals surface area contributed by atoms with E-state index >= 15 is 0 Å². The topological polar surface area (TPSA) is 29.5 Å². The van der Waals surface area contributed by atoms with Crippen LogP contribution in [0.1, 0.15) is 0 Å². The molecular weight excluding hydrogens is 403 g/mol. The summed E-state index contributed by atoms with van der Waals surface area (Å²) < 4.78 is 5.38. The first-order valence-electron chi connectivity index (χ1n) is 11.0. The lowest BCUT2D eigenvalue weighted by molar-refractivity contribution is 0.454. The van der Waals surface area contributed by atoms with Crippen LogP contribution < -0.4 is 4.65 Å². The van der Waals surface area contributed by atoms with Gasteiger partial charge in [0.05, 0.1) is 0 Å². The molecule has 0 spiro atoms. The van der Waals surface area contributed by atoms with Crippen molar-refractivity contribution >= 4 is 40.0 Å². The summed E-state index contributed by atoms with van der Waals surface area (Å²) in [5, 5.41) is 16.8. The minimum absolute atomic E-state index is 0.595. The van der Waals surface area contributed by atoms with Gasteiger partial charge in [-0.25, -0.2) is 0 Å². The minimum Gasteiger partial charge on any atom is -0.537 e. The van der Waals surface area contributed by atoms with Crippen molar-refractivity contribution in [2.45, 2.75) is 0 Å². The van der Waals surface area contributed by atoms with Gasteiger partial charge in [0.25, 0.3) is 0 Å². The maximum atomic E-state index is 9.26. The average Bonchev–Trinajstić information content (AvgIpc) is 2.89. The van der Waals surface area contributed by atoms with Gasteiger partial charge in [0.1, 0.15) is 5.75 Å². The Bertz CT molecular complexity index is 1590. The lowest BCUT2D eigenvalue weighted by Gasteiger charge is -2.14. The number of benzene rings is 6. The Morgan fingerprint density at radius 2 is 0.939 bits per heavy atom. The quantitative estimate of drug-likeness (QED) is 0.237. The van der Waals surface area contributed by atoms with Gasteiger partial charge in [0.15, 0.2) is 0 Å². The highest BCUT2D eigenvalue weighted by Gasteiger charge is 2.11. The van der Waals surface area contributed by atoms with E-state index in [1.165, 1.54) is 32.3 Å². The summed E-state index contributed by atoms with van der Waals surface area (Å²) in [5.41, 5.74) is 4.27. The van der Waals surface area contributed by atoms with Crippen molar-refractivity contribution in [3.8, 4) is 28.0 Å². The van der Waals surface area contributed by atoms with Crippen LogP contribution in [0.15, 0.2) is 115 Å². The number of hydrogen-bond acceptors (Lipinski definition) is 2. The minimum atomic E-state index is 0.595. The largest absolute Gasteiger partial charge is 0.569 e. The molecular formula is C30H20BO2. The summed E-state index contributed by atoms with van der Waals surface area (Å²) in [4.78, 5) is 0. The second-order valence-electron chi connectivity index (χ2n) is 8.19. The Labute approximate surface area is 193 Å². The molecule has 0 unspecified atom stereocenters. The highest BCUT2D eigenvalue weighted by Crippen LogP contribution is 2.38. The molecule has 0 aliphatic heterocycles. The Morgan fingerprint density at radius 3 is 1.55 bits per heavy atom. The fourth-order valence-electron chi connectivity index (χ4n) is 4.78. The Balaban J connectivity index is 1.62. The highest BCUT2D eigenvalue weighted by atomic mass is 16.5. The molecule has 6 aromatic rings. The third kappa shape index (κ3) is 3.43. The molecule has 6 aromatic carbocycles. The Kier molecular flexibility index (Phi) is 4.82. The van der Waals surface area contributed by atoms with Crippen LogP contribution in [0.3, 0.4) is 0 Å². The smallest absolute Gasteiger partial charge is 0.537 e. The third-order valence-corrected chi connectivity index (χ3v) is 6.28. The van der Waals surface area contributed by atoms with Crippen molar-refractivity contribution in [2.75, 3.05) is 0 Å². The molecule has 0 bridgehead atoms. The predicted molar refractivity (Wildman–Crippen MR) is 138 cm³/mol. The van der Waals surface area contributed by atoms with Crippen LogP contribution in [0.4, 0.5) is 0 Å². The van der Waals surface area contributed by atoms with Crippen molar-refractivity contribution in [1.82, 2.24) is 0 Å². The van der Waals surface area contributed by atoms with E-state index in [1.807, 2.05) is 30.3 Å². The molecule has 1 N–H and O–H groups in total. The lowest BCUT2D eigenvalue weighted by atomic mass is 9.91. The molecule has 0 aliphatic carbocycles. The summed E-state index contributed by atoms with van der Waals surface area (Å²) in [6.07, 6.45) is 0. The molecule has 3 heteroatoms. The number of rotatable bonds is 4. The first-order valence-corrected chi connectivity index (χ1v) is 11.0. The van der Waals surface area contributed by atoms with Gasteiger partial charge in [-0.05, 0) is 78.8 Å². The first kappa shape index (κ1) is 19.6. The molecule has 0 atom stereocenters. The normalized spacial score (nSPS) is 11.2. The van der Waals surface area contributed by atoms with Crippen LogP contribution in [0.2, 0.25) is 0 Å². The zero-order valence-electron chi connectivity index (χ0n) is 17.9. The van der Waals surface area contributed by atoms with E-state index in [2.05, 4.69) is 84.9 Å². The molecule has 6 rings (SSSR count). The van der Waals surface area contributed by atoms with E-state index in [1.54, 1.807) is 0 Å². The fraction of sp³-hybridized carbons (Fsp3) is 0. The first-order chi connectivity index (χ1) is 16.3. The molecule has 0 amide bonds. The van der Waals surface area contributed by atoms with E-state index in [0.717, 1.165) is 29.9 Å². The second kappa shape index (κ2) is 8.12. The Morgan fingerprint density at radius 1 is 0.424 bits per heavy atom.